The summed E-state index contributed by atoms with van der Waals surface area (Å²) in [5.74, 6) is 5.78. The average molecular weight is 197 g/mol. The lowest BCUT2D eigenvalue weighted by atomic mass is 10.2. The zero-order valence-electron chi connectivity index (χ0n) is 7.26. The third-order valence-electron chi connectivity index (χ3n) is 1.50. The maximum Gasteiger partial charge on any atom is 0.199 e. The van der Waals surface area contributed by atoms with Crippen molar-refractivity contribution in [1.82, 2.24) is 0 Å². The first-order valence-electron chi connectivity index (χ1n) is 3.92. The van der Waals surface area contributed by atoms with Gasteiger partial charge < -0.3 is 4.42 Å². The lowest BCUT2D eigenvalue weighted by Crippen LogP contribution is -1.95. The largest absolute Gasteiger partial charge is 0.442 e. The van der Waals surface area contributed by atoms with Gasteiger partial charge in [0, 0.05) is 12.8 Å². The van der Waals surface area contributed by atoms with Gasteiger partial charge in [-0.3, -0.25) is 4.79 Å². The molecule has 0 bridgehead atoms. The van der Waals surface area contributed by atoms with Gasteiger partial charge in [-0.05, 0) is 30.7 Å². The van der Waals surface area contributed by atoms with Crippen molar-refractivity contribution in [1.29, 1.82) is 0 Å². The molecule has 13 heavy (non-hydrogen) atoms. The number of carbonyl (C=O) groups excluding carboxylic acids is 1. The zero-order chi connectivity index (χ0) is 9.68. The highest BCUT2D eigenvalue weighted by Crippen LogP contribution is 2.14. The van der Waals surface area contributed by atoms with Crippen LogP contribution in [0.5, 0.6) is 0 Å². The molecule has 0 amide bonds. The van der Waals surface area contributed by atoms with E-state index in [-0.39, 0.29) is 11.0 Å². The van der Waals surface area contributed by atoms with Gasteiger partial charge in [-0.25, -0.2) is 0 Å². The molecule has 0 unspecified atom stereocenters. The molecule has 1 aromatic rings. The highest BCUT2D eigenvalue weighted by molar-refractivity contribution is 6.29. The van der Waals surface area contributed by atoms with Crippen LogP contribution in [0.2, 0.25) is 5.22 Å². The molecule has 0 saturated heterocycles. The maximum atomic E-state index is 11.3. The highest BCUT2D eigenvalue weighted by atomic mass is 35.5. The molecule has 3 heteroatoms. The van der Waals surface area contributed by atoms with E-state index < -0.39 is 0 Å². The van der Waals surface area contributed by atoms with E-state index in [0.717, 1.165) is 0 Å². The molecular formula is C10H9ClO2. The second-order valence-electron chi connectivity index (χ2n) is 2.45. The Morgan fingerprint density at radius 3 is 2.92 bits per heavy atom. The summed E-state index contributed by atoms with van der Waals surface area (Å²) < 4.78 is 4.94. The van der Waals surface area contributed by atoms with E-state index >= 15 is 0 Å². The molecule has 0 aliphatic rings. The van der Waals surface area contributed by atoms with Crippen LogP contribution in [0.1, 0.15) is 30.3 Å². The Hall–Kier alpha value is -1.20. The molecule has 0 aliphatic heterocycles. The average Bonchev–Trinajstić information content (AvgIpc) is 2.52. The van der Waals surface area contributed by atoms with Gasteiger partial charge in [-0.1, -0.05) is 0 Å². The fourth-order valence-electron chi connectivity index (χ4n) is 0.888. The molecule has 0 fully saturated rings. The van der Waals surface area contributed by atoms with E-state index in [4.69, 9.17) is 16.0 Å². The molecule has 0 saturated carbocycles. The molecule has 0 N–H and O–H groups in total. The van der Waals surface area contributed by atoms with Crippen molar-refractivity contribution in [3.8, 4) is 11.8 Å². The van der Waals surface area contributed by atoms with Gasteiger partial charge in [0.2, 0.25) is 0 Å². The maximum absolute atomic E-state index is 11.3. The zero-order valence-corrected chi connectivity index (χ0v) is 8.02. The smallest absolute Gasteiger partial charge is 0.199 e. The van der Waals surface area contributed by atoms with Gasteiger partial charge >= 0.3 is 0 Å². The summed E-state index contributed by atoms with van der Waals surface area (Å²) in [6, 6.07) is 3.13. The molecule has 2 nitrogen and oxygen atoms in total. The summed E-state index contributed by atoms with van der Waals surface area (Å²) in [6.07, 6.45) is 0.943. The normalized spacial score (nSPS) is 9.08. The van der Waals surface area contributed by atoms with E-state index in [9.17, 15) is 4.79 Å². The standard InChI is InChI=1S/C10H9ClO2/c1-2-3-4-5-8(12)9-6-7-10(11)13-9/h6-7H,4-5H2,1H3. The van der Waals surface area contributed by atoms with Crippen molar-refractivity contribution in [2.45, 2.75) is 19.8 Å². The van der Waals surface area contributed by atoms with Crippen molar-refractivity contribution < 1.29 is 9.21 Å². The summed E-state index contributed by atoms with van der Waals surface area (Å²) in [7, 11) is 0. The van der Waals surface area contributed by atoms with Crippen molar-refractivity contribution in [3.63, 3.8) is 0 Å². The minimum Gasteiger partial charge on any atom is -0.442 e. The quantitative estimate of drug-likeness (QED) is 0.550. The van der Waals surface area contributed by atoms with Crippen molar-refractivity contribution >= 4 is 17.4 Å². The molecule has 1 heterocycles. The Morgan fingerprint density at radius 1 is 1.62 bits per heavy atom. The van der Waals surface area contributed by atoms with E-state index in [1.54, 1.807) is 19.1 Å². The molecule has 0 spiro atoms. The third-order valence-corrected chi connectivity index (χ3v) is 1.71. The van der Waals surface area contributed by atoms with Crippen LogP contribution in [0, 0.1) is 11.8 Å². The first kappa shape index (κ1) is 9.88. The molecule has 0 atom stereocenters. The van der Waals surface area contributed by atoms with Gasteiger partial charge in [0.25, 0.3) is 0 Å². The Kier molecular flexibility index (Phi) is 3.60. The first-order valence-corrected chi connectivity index (χ1v) is 4.30. The van der Waals surface area contributed by atoms with Gasteiger partial charge in [0.1, 0.15) is 0 Å². The van der Waals surface area contributed by atoms with E-state index in [2.05, 4.69) is 11.8 Å². The second-order valence-corrected chi connectivity index (χ2v) is 2.83. The van der Waals surface area contributed by atoms with Crippen LogP contribution in [-0.4, -0.2) is 5.78 Å². The third kappa shape index (κ3) is 2.96. The number of furan rings is 1. The minimum absolute atomic E-state index is 0.0605. The predicted molar refractivity (Wildman–Crippen MR) is 50.7 cm³/mol. The lowest BCUT2D eigenvalue weighted by Gasteiger charge is -1.91. The molecule has 0 radical (unpaired) electrons. The van der Waals surface area contributed by atoms with Gasteiger partial charge in [0.05, 0.1) is 0 Å². The van der Waals surface area contributed by atoms with E-state index in [1.807, 2.05) is 0 Å². The Bertz CT molecular complexity index is 354. The molecule has 1 rings (SSSR count). The lowest BCUT2D eigenvalue weighted by molar-refractivity contribution is 0.0957. The Labute approximate surface area is 81.9 Å². The predicted octanol–water partition coefficient (Wildman–Crippen LogP) is 2.92. The molecule has 0 aliphatic carbocycles. The number of ketones is 1. The SMILES string of the molecule is CC#CCCC(=O)c1ccc(Cl)o1. The van der Waals surface area contributed by atoms with Crippen LogP contribution in [-0.2, 0) is 0 Å². The second kappa shape index (κ2) is 4.74. The number of halogens is 1. The van der Waals surface area contributed by atoms with Crippen LogP contribution in [0.3, 0.4) is 0 Å². The van der Waals surface area contributed by atoms with Gasteiger partial charge in [0.15, 0.2) is 16.8 Å². The summed E-state index contributed by atoms with van der Waals surface area (Å²) in [4.78, 5) is 11.3. The fourth-order valence-corrected chi connectivity index (χ4v) is 1.03. The molecule has 0 aromatic carbocycles. The number of rotatable bonds is 3. The van der Waals surface area contributed by atoms with Crippen LogP contribution in [0.15, 0.2) is 16.5 Å². The molecular weight excluding hydrogens is 188 g/mol. The van der Waals surface area contributed by atoms with Gasteiger partial charge in [-0.15, -0.1) is 11.8 Å². The first-order chi connectivity index (χ1) is 6.24. The van der Waals surface area contributed by atoms with Crippen molar-refractivity contribution in [3.05, 3.63) is 23.1 Å². The monoisotopic (exact) mass is 196 g/mol. The number of hydrogen-bond acceptors (Lipinski definition) is 2. The summed E-state index contributed by atoms with van der Waals surface area (Å²) in [6.45, 7) is 1.74. The minimum atomic E-state index is -0.0605. The highest BCUT2D eigenvalue weighted by Gasteiger charge is 2.08. The molecule has 1 aromatic heterocycles. The number of hydrogen-bond donors (Lipinski definition) is 0. The Balaban J connectivity index is 2.52. The number of carbonyl (C=O) groups is 1. The van der Waals surface area contributed by atoms with Gasteiger partial charge in [-0.2, -0.15) is 0 Å². The van der Waals surface area contributed by atoms with E-state index in [1.165, 1.54) is 0 Å². The molecule has 68 valence electrons. The summed E-state index contributed by atoms with van der Waals surface area (Å²) >= 11 is 5.52. The topological polar surface area (TPSA) is 30.2 Å². The van der Waals surface area contributed by atoms with Crippen molar-refractivity contribution in [2.24, 2.45) is 0 Å². The fraction of sp³-hybridized carbons (Fsp3) is 0.300. The number of Topliss-reactive ketones (excluding diaryl/α,β-unsaturated/α-hetero) is 1. The van der Waals surface area contributed by atoms with Crippen LogP contribution < -0.4 is 0 Å². The summed E-state index contributed by atoms with van der Waals surface area (Å²) in [5.41, 5.74) is 0. The van der Waals surface area contributed by atoms with Crippen LogP contribution >= 0.6 is 11.6 Å². The summed E-state index contributed by atoms with van der Waals surface area (Å²) in [5, 5.41) is 0.241. The Morgan fingerprint density at radius 2 is 2.38 bits per heavy atom. The van der Waals surface area contributed by atoms with Crippen molar-refractivity contribution in [2.75, 3.05) is 0 Å². The van der Waals surface area contributed by atoms with Crippen LogP contribution in [0.4, 0.5) is 0 Å². The van der Waals surface area contributed by atoms with Crippen LogP contribution in [0.25, 0.3) is 0 Å². The van der Waals surface area contributed by atoms with E-state index in [0.29, 0.717) is 18.6 Å².